The van der Waals surface area contributed by atoms with Crippen LogP contribution in [0.4, 0.5) is 5.69 Å². The third-order valence-electron chi connectivity index (χ3n) is 6.99. The lowest BCUT2D eigenvalue weighted by Gasteiger charge is -2.39. The van der Waals surface area contributed by atoms with Gasteiger partial charge in [0.2, 0.25) is 5.75 Å². The smallest absolute Gasteiger partial charge is 0.258 e. The zero-order chi connectivity index (χ0) is 27.1. The first-order valence-electron chi connectivity index (χ1n) is 12.6. The molecule has 1 aliphatic heterocycles. The summed E-state index contributed by atoms with van der Waals surface area (Å²) in [4.78, 5) is 18.1. The largest absolute Gasteiger partial charge is 0.493 e. The Balaban J connectivity index is 1.56. The van der Waals surface area contributed by atoms with Crippen LogP contribution in [-0.2, 0) is 6.54 Å². The molecule has 1 heterocycles. The Hall–Kier alpha value is -3.91. The van der Waals surface area contributed by atoms with Crippen molar-refractivity contribution in [1.29, 1.82) is 0 Å². The van der Waals surface area contributed by atoms with E-state index >= 15 is 0 Å². The summed E-state index contributed by atoms with van der Waals surface area (Å²) in [7, 11) is 8.08. The quantitative estimate of drug-likeness (QED) is 0.371. The maximum atomic E-state index is 13.8. The summed E-state index contributed by atoms with van der Waals surface area (Å²) < 4.78 is 27.6. The lowest BCUT2D eigenvalue weighted by molar-refractivity contribution is 0.0958. The second kappa shape index (κ2) is 12.6. The minimum Gasteiger partial charge on any atom is -0.493 e. The second-order valence-corrected chi connectivity index (χ2v) is 9.08. The molecule has 4 rings (SSSR count). The molecule has 202 valence electrons. The van der Waals surface area contributed by atoms with Gasteiger partial charge in [0.05, 0.1) is 35.5 Å². The number of anilines is 1. The molecule has 0 bridgehead atoms. The molecule has 0 saturated carbocycles. The van der Waals surface area contributed by atoms with E-state index < -0.39 is 0 Å². The number of amides is 1. The number of hydrogen-bond donors (Lipinski definition) is 0. The van der Waals surface area contributed by atoms with E-state index in [1.807, 2.05) is 65.6 Å². The molecule has 0 N–H and O–H groups in total. The molecule has 0 radical (unpaired) electrons. The Labute approximate surface area is 224 Å². The van der Waals surface area contributed by atoms with E-state index in [2.05, 4.69) is 4.90 Å². The summed E-state index contributed by atoms with van der Waals surface area (Å²) in [5.41, 5.74) is 2.47. The highest BCUT2D eigenvalue weighted by atomic mass is 16.5. The molecule has 38 heavy (non-hydrogen) atoms. The van der Waals surface area contributed by atoms with Crippen LogP contribution in [0, 0.1) is 0 Å². The van der Waals surface area contributed by atoms with Crippen molar-refractivity contribution in [1.82, 2.24) is 4.90 Å². The predicted octanol–water partition coefficient (Wildman–Crippen LogP) is 5.04. The van der Waals surface area contributed by atoms with Gasteiger partial charge in [-0.2, -0.15) is 0 Å². The number of ether oxygens (including phenoxy) is 5. The number of methoxy groups -OCH3 is 5. The van der Waals surface area contributed by atoms with Crippen molar-refractivity contribution in [3.63, 3.8) is 0 Å². The van der Waals surface area contributed by atoms with Crippen molar-refractivity contribution in [2.45, 2.75) is 25.4 Å². The Morgan fingerprint density at radius 2 is 1.39 bits per heavy atom. The Kier molecular flexibility index (Phi) is 8.97. The number of rotatable bonds is 10. The van der Waals surface area contributed by atoms with Gasteiger partial charge in [-0.3, -0.25) is 9.69 Å². The molecular formula is C30H36N2O6. The topological polar surface area (TPSA) is 69.7 Å². The number of carbonyl (C=O) groups is 1. The van der Waals surface area contributed by atoms with Crippen LogP contribution in [0.3, 0.4) is 0 Å². The van der Waals surface area contributed by atoms with Gasteiger partial charge in [0, 0.05) is 48.6 Å². The second-order valence-electron chi connectivity index (χ2n) is 9.08. The number of benzene rings is 3. The molecule has 8 heteroatoms. The predicted molar refractivity (Wildman–Crippen MR) is 147 cm³/mol. The molecule has 3 aromatic rings. The highest BCUT2D eigenvalue weighted by Gasteiger charge is 2.31. The minimum absolute atomic E-state index is 0.0298. The molecule has 0 aliphatic carbocycles. The first-order chi connectivity index (χ1) is 18.5. The first kappa shape index (κ1) is 27.1. The monoisotopic (exact) mass is 520 g/mol. The van der Waals surface area contributed by atoms with Crippen LogP contribution in [0.1, 0.15) is 28.8 Å². The van der Waals surface area contributed by atoms with Crippen LogP contribution in [0.15, 0.2) is 60.7 Å². The van der Waals surface area contributed by atoms with E-state index in [1.54, 1.807) is 35.5 Å². The molecule has 1 saturated heterocycles. The van der Waals surface area contributed by atoms with Gasteiger partial charge in [0.1, 0.15) is 0 Å². The average molecular weight is 521 g/mol. The maximum absolute atomic E-state index is 13.8. The molecule has 0 spiro atoms. The third kappa shape index (κ3) is 5.65. The van der Waals surface area contributed by atoms with Crippen LogP contribution >= 0.6 is 0 Å². The zero-order valence-corrected chi connectivity index (χ0v) is 22.7. The van der Waals surface area contributed by atoms with Gasteiger partial charge in [0.25, 0.3) is 5.91 Å². The van der Waals surface area contributed by atoms with Crippen LogP contribution < -0.4 is 28.6 Å². The highest BCUT2D eigenvalue weighted by molar-refractivity contribution is 6.06. The maximum Gasteiger partial charge on any atom is 0.258 e. The van der Waals surface area contributed by atoms with E-state index in [-0.39, 0.29) is 11.9 Å². The van der Waals surface area contributed by atoms with Crippen LogP contribution in [-0.4, -0.2) is 65.5 Å². The molecule has 1 amide bonds. The highest BCUT2D eigenvalue weighted by Crippen LogP contribution is 2.41. The van der Waals surface area contributed by atoms with Crippen molar-refractivity contribution in [3.8, 4) is 28.7 Å². The van der Waals surface area contributed by atoms with Gasteiger partial charge >= 0.3 is 0 Å². The van der Waals surface area contributed by atoms with Crippen LogP contribution in [0.5, 0.6) is 28.7 Å². The van der Waals surface area contributed by atoms with Gasteiger partial charge in [-0.25, -0.2) is 0 Å². The molecule has 0 atom stereocenters. The van der Waals surface area contributed by atoms with Gasteiger partial charge in [-0.1, -0.05) is 24.3 Å². The Morgan fingerprint density at radius 1 is 0.763 bits per heavy atom. The summed E-state index contributed by atoms with van der Waals surface area (Å²) in [5, 5.41) is 0. The fraction of sp³-hybridized carbons (Fsp3) is 0.367. The van der Waals surface area contributed by atoms with E-state index in [0.29, 0.717) is 40.9 Å². The summed E-state index contributed by atoms with van der Waals surface area (Å²) in [6, 6.07) is 19.0. The fourth-order valence-electron chi connectivity index (χ4n) is 5.05. The normalized spacial score (nSPS) is 14.0. The summed E-state index contributed by atoms with van der Waals surface area (Å²) >= 11 is 0. The first-order valence-corrected chi connectivity index (χ1v) is 12.6. The molecule has 0 aromatic heterocycles. The molecule has 0 unspecified atom stereocenters. The molecular weight excluding hydrogens is 484 g/mol. The lowest BCUT2D eigenvalue weighted by Crippen LogP contribution is -2.47. The SMILES string of the molecule is COc1ccc(N(C(=O)c2ccccc2)C2CCN(Cc3ccc(OC)c(OC)c3OC)CC2)cc1OC. The number of hydrogen-bond acceptors (Lipinski definition) is 7. The lowest BCUT2D eigenvalue weighted by atomic mass is 9.99. The molecule has 1 aliphatic rings. The summed E-state index contributed by atoms with van der Waals surface area (Å²) in [6.07, 6.45) is 1.64. The average Bonchev–Trinajstić information content (AvgIpc) is 2.98. The molecule has 3 aromatic carbocycles. The van der Waals surface area contributed by atoms with E-state index in [1.165, 1.54) is 0 Å². The number of piperidine rings is 1. The van der Waals surface area contributed by atoms with Gasteiger partial charge in [-0.05, 0) is 43.2 Å². The van der Waals surface area contributed by atoms with E-state index in [4.69, 9.17) is 23.7 Å². The van der Waals surface area contributed by atoms with Gasteiger partial charge < -0.3 is 28.6 Å². The Bertz CT molecular complexity index is 1220. The number of nitrogens with zero attached hydrogens (tertiary/aromatic N) is 2. The van der Waals surface area contributed by atoms with Gasteiger partial charge in [0.15, 0.2) is 23.0 Å². The fourth-order valence-corrected chi connectivity index (χ4v) is 5.05. The van der Waals surface area contributed by atoms with Crippen molar-refractivity contribution in [3.05, 3.63) is 71.8 Å². The summed E-state index contributed by atoms with van der Waals surface area (Å²) in [6.45, 7) is 2.36. The van der Waals surface area contributed by atoms with E-state index in [9.17, 15) is 4.79 Å². The number of carbonyl (C=O) groups excluding carboxylic acids is 1. The van der Waals surface area contributed by atoms with Crippen LogP contribution in [0.2, 0.25) is 0 Å². The zero-order valence-electron chi connectivity index (χ0n) is 22.7. The number of likely N-dealkylation sites (tertiary alicyclic amines) is 1. The molecule has 1 fully saturated rings. The standard InChI is InChI=1S/C30H36N2O6/c1-34-25-14-12-24(19-27(25)36-3)32(30(33)21-9-7-6-8-10-21)23-15-17-31(18-16-23)20-22-11-13-26(35-2)29(38-5)28(22)37-4/h6-14,19,23H,15-18,20H2,1-5H3. The van der Waals surface area contributed by atoms with Gasteiger partial charge in [-0.15, -0.1) is 0 Å². The Morgan fingerprint density at radius 3 is 2.00 bits per heavy atom. The molecule has 8 nitrogen and oxygen atoms in total. The van der Waals surface area contributed by atoms with Crippen molar-refractivity contribution in [2.75, 3.05) is 53.5 Å². The third-order valence-corrected chi connectivity index (χ3v) is 6.99. The van der Waals surface area contributed by atoms with Crippen molar-refractivity contribution >= 4 is 11.6 Å². The summed E-state index contributed by atoms with van der Waals surface area (Å²) in [5.74, 6) is 3.10. The minimum atomic E-state index is -0.0298. The van der Waals surface area contributed by atoms with Crippen LogP contribution in [0.25, 0.3) is 0 Å². The van der Waals surface area contributed by atoms with Crippen molar-refractivity contribution < 1.29 is 28.5 Å². The van der Waals surface area contributed by atoms with E-state index in [0.717, 1.165) is 37.2 Å². The van der Waals surface area contributed by atoms with Crippen molar-refractivity contribution in [2.24, 2.45) is 0 Å².